The second-order valence-electron chi connectivity index (χ2n) is 3.52. The van der Waals surface area contributed by atoms with Crippen LogP contribution >= 0.6 is 0 Å². The van der Waals surface area contributed by atoms with Crippen LogP contribution in [0, 0.1) is 6.92 Å². The molecule has 2 rings (SSSR count). The van der Waals surface area contributed by atoms with Crippen molar-refractivity contribution in [2.24, 2.45) is 0 Å². The summed E-state index contributed by atoms with van der Waals surface area (Å²) in [5.41, 5.74) is 0.645. The van der Waals surface area contributed by atoms with Gasteiger partial charge in [-0.1, -0.05) is 0 Å². The molecule has 2 heterocycles. The lowest BCUT2D eigenvalue weighted by molar-refractivity contribution is 0.0696. The van der Waals surface area contributed by atoms with Crippen LogP contribution in [0.4, 0.5) is 0 Å². The van der Waals surface area contributed by atoms with Crippen LogP contribution in [0.15, 0.2) is 18.3 Å². The fourth-order valence-electron chi connectivity index (χ4n) is 1.50. The van der Waals surface area contributed by atoms with Crippen molar-refractivity contribution in [1.82, 2.24) is 20.0 Å². The molecule has 0 aromatic carbocycles. The van der Waals surface area contributed by atoms with Crippen molar-refractivity contribution in [3.05, 3.63) is 29.6 Å². The van der Waals surface area contributed by atoms with Gasteiger partial charge in [0.15, 0.2) is 5.82 Å². The van der Waals surface area contributed by atoms with Crippen LogP contribution in [0.1, 0.15) is 23.0 Å². The normalized spacial score (nSPS) is 10.3. The molecule has 0 unspecified atom stereocenters. The van der Waals surface area contributed by atoms with Crippen LogP contribution in [0.25, 0.3) is 5.82 Å². The summed E-state index contributed by atoms with van der Waals surface area (Å²) in [4.78, 5) is 10.9. The van der Waals surface area contributed by atoms with Crippen LogP contribution in [0.2, 0.25) is 0 Å². The molecule has 0 amide bonds. The first kappa shape index (κ1) is 12.0. The summed E-state index contributed by atoms with van der Waals surface area (Å²) in [6.45, 7) is 4.03. The molecule has 18 heavy (non-hydrogen) atoms. The molecule has 0 saturated heterocycles. The first-order valence-corrected chi connectivity index (χ1v) is 5.38. The SMILES string of the molecule is CCOc1ccc(-n2ncc(C(=O)O)c2C)nn1. The van der Waals surface area contributed by atoms with E-state index in [9.17, 15) is 4.79 Å². The molecule has 7 heteroatoms. The zero-order valence-corrected chi connectivity index (χ0v) is 9.99. The summed E-state index contributed by atoms with van der Waals surface area (Å²) in [6, 6.07) is 3.33. The van der Waals surface area contributed by atoms with E-state index in [-0.39, 0.29) is 5.56 Å². The molecule has 0 atom stereocenters. The lowest BCUT2D eigenvalue weighted by atomic mass is 10.3. The third-order valence-corrected chi connectivity index (χ3v) is 2.38. The molecule has 0 saturated carbocycles. The number of hydrogen-bond acceptors (Lipinski definition) is 5. The Morgan fingerprint density at radius 1 is 1.44 bits per heavy atom. The second kappa shape index (κ2) is 4.82. The predicted octanol–water partition coefficient (Wildman–Crippen LogP) is 1.07. The molecule has 2 aromatic heterocycles. The van der Waals surface area contributed by atoms with Crippen molar-refractivity contribution in [2.45, 2.75) is 13.8 Å². The summed E-state index contributed by atoms with van der Waals surface area (Å²) >= 11 is 0. The summed E-state index contributed by atoms with van der Waals surface area (Å²) in [7, 11) is 0. The molecular weight excluding hydrogens is 236 g/mol. The molecule has 0 radical (unpaired) electrons. The Kier molecular flexibility index (Phi) is 3.22. The van der Waals surface area contributed by atoms with Gasteiger partial charge >= 0.3 is 5.97 Å². The maximum absolute atomic E-state index is 10.9. The van der Waals surface area contributed by atoms with E-state index in [4.69, 9.17) is 9.84 Å². The van der Waals surface area contributed by atoms with Gasteiger partial charge < -0.3 is 9.84 Å². The molecule has 0 aliphatic carbocycles. The maximum Gasteiger partial charge on any atom is 0.339 e. The van der Waals surface area contributed by atoms with Crippen molar-refractivity contribution in [1.29, 1.82) is 0 Å². The van der Waals surface area contributed by atoms with Gasteiger partial charge in [0.05, 0.1) is 18.5 Å². The number of aromatic nitrogens is 4. The third kappa shape index (κ3) is 2.15. The predicted molar refractivity (Wildman–Crippen MR) is 62.0 cm³/mol. The van der Waals surface area contributed by atoms with Crippen LogP contribution in [-0.4, -0.2) is 37.7 Å². The van der Waals surface area contributed by atoms with E-state index < -0.39 is 5.97 Å². The second-order valence-corrected chi connectivity index (χ2v) is 3.52. The van der Waals surface area contributed by atoms with Crippen molar-refractivity contribution >= 4 is 5.97 Å². The third-order valence-electron chi connectivity index (χ3n) is 2.38. The molecule has 0 aliphatic rings. The van der Waals surface area contributed by atoms with Gasteiger partial charge in [0, 0.05) is 6.07 Å². The molecule has 2 aromatic rings. The van der Waals surface area contributed by atoms with Crippen molar-refractivity contribution in [3.63, 3.8) is 0 Å². The number of carboxylic acid groups (broad SMARTS) is 1. The van der Waals surface area contributed by atoms with Gasteiger partial charge in [0.1, 0.15) is 5.56 Å². The molecular formula is C11H12N4O3. The Balaban J connectivity index is 2.34. The van der Waals surface area contributed by atoms with Gasteiger partial charge in [0.2, 0.25) is 5.88 Å². The highest BCUT2D eigenvalue weighted by Crippen LogP contribution is 2.13. The average Bonchev–Trinajstić information content (AvgIpc) is 2.73. The van der Waals surface area contributed by atoms with Gasteiger partial charge in [-0.05, 0) is 19.9 Å². The van der Waals surface area contributed by atoms with Crippen molar-refractivity contribution in [2.75, 3.05) is 6.61 Å². The van der Waals surface area contributed by atoms with Crippen LogP contribution in [-0.2, 0) is 0 Å². The number of carbonyl (C=O) groups is 1. The first-order valence-electron chi connectivity index (χ1n) is 5.38. The van der Waals surface area contributed by atoms with E-state index >= 15 is 0 Å². The molecule has 1 N–H and O–H groups in total. The number of carboxylic acids is 1. The largest absolute Gasteiger partial charge is 0.478 e. The standard InChI is InChI=1S/C11H12N4O3/c1-3-18-10-5-4-9(13-14-10)15-7(2)8(6-12-15)11(16)17/h4-6H,3H2,1-2H3,(H,16,17). The molecule has 7 nitrogen and oxygen atoms in total. The average molecular weight is 248 g/mol. The minimum Gasteiger partial charge on any atom is -0.478 e. The monoisotopic (exact) mass is 248 g/mol. The Bertz CT molecular complexity index is 562. The van der Waals surface area contributed by atoms with E-state index in [0.717, 1.165) is 0 Å². The number of nitrogens with zero attached hydrogens (tertiary/aromatic N) is 4. The number of rotatable bonds is 4. The Labute approximate surface area is 103 Å². The summed E-state index contributed by atoms with van der Waals surface area (Å²) in [6.07, 6.45) is 1.29. The fraction of sp³-hybridized carbons (Fsp3) is 0.273. The van der Waals surface area contributed by atoms with E-state index in [1.54, 1.807) is 19.1 Å². The minimum absolute atomic E-state index is 0.144. The maximum atomic E-state index is 10.9. The zero-order valence-electron chi connectivity index (χ0n) is 9.99. The molecule has 0 bridgehead atoms. The van der Waals surface area contributed by atoms with E-state index in [1.165, 1.54) is 10.9 Å². The van der Waals surface area contributed by atoms with E-state index in [2.05, 4.69) is 15.3 Å². The van der Waals surface area contributed by atoms with E-state index in [0.29, 0.717) is 24.0 Å². The van der Waals surface area contributed by atoms with Crippen LogP contribution in [0.3, 0.4) is 0 Å². The molecule has 94 valence electrons. The summed E-state index contributed by atoms with van der Waals surface area (Å²) in [5.74, 6) is -0.148. The first-order chi connectivity index (χ1) is 8.63. The minimum atomic E-state index is -1.02. The van der Waals surface area contributed by atoms with Crippen LogP contribution < -0.4 is 4.74 Å². The molecule has 0 spiro atoms. The van der Waals surface area contributed by atoms with E-state index in [1.807, 2.05) is 6.92 Å². The highest BCUT2D eigenvalue weighted by molar-refractivity contribution is 5.88. The van der Waals surface area contributed by atoms with Gasteiger partial charge in [-0.25, -0.2) is 9.48 Å². The number of hydrogen-bond donors (Lipinski definition) is 1. The number of ether oxygens (including phenoxy) is 1. The highest BCUT2D eigenvalue weighted by Gasteiger charge is 2.14. The van der Waals surface area contributed by atoms with Gasteiger partial charge in [-0.2, -0.15) is 5.10 Å². The Morgan fingerprint density at radius 2 is 2.22 bits per heavy atom. The quantitative estimate of drug-likeness (QED) is 0.870. The molecule has 0 aliphatic heterocycles. The molecule has 0 fully saturated rings. The lowest BCUT2D eigenvalue weighted by Crippen LogP contribution is -2.06. The smallest absolute Gasteiger partial charge is 0.339 e. The fourth-order valence-corrected chi connectivity index (χ4v) is 1.50. The van der Waals surface area contributed by atoms with Gasteiger partial charge in [-0.3, -0.25) is 0 Å². The Morgan fingerprint density at radius 3 is 2.72 bits per heavy atom. The topological polar surface area (TPSA) is 90.1 Å². The van der Waals surface area contributed by atoms with Gasteiger partial charge in [-0.15, -0.1) is 10.2 Å². The van der Waals surface area contributed by atoms with Crippen LogP contribution in [0.5, 0.6) is 5.88 Å². The summed E-state index contributed by atoms with van der Waals surface area (Å²) in [5, 5.41) is 20.7. The summed E-state index contributed by atoms with van der Waals surface area (Å²) < 4.78 is 6.60. The Hall–Kier alpha value is -2.44. The zero-order chi connectivity index (χ0) is 13.1. The van der Waals surface area contributed by atoms with Crippen molar-refractivity contribution in [3.8, 4) is 11.7 Å². The number of aromatic carboxylic acids is 1. The van der Waals surface area contributed by atoms with Gasteiger partial charge in [0.25, 0.3) is 0 Å². The lowest BCUT2D eigenvalue weighted by Gasteiger charge is -2.04. The highest BCUT2D eigenvalue weighted by atomic mass is 16.5. The van der Waals surface area contributed by atoms with Crippen molar-refractivity contribution < 1.29 is 14.6 Å².